The van der Waals surface area contributed by atoms with Crippen molar-refractivity contribution >= 4 is 11.3 Å². The topological polar surface area (TPSA) is 69.1 Å². The third-order valence-electron chi connectivity index (χ3n) is 4.25. The Balaban J connectivity index is 1.82. The quantitative estimate of drug-likeness (QED) is 0.533. The SMILES string of the molecule is Cc1ccc(-c2cn3nc(-c4cccnc4C(F)(F)F)ccc3n2)cc1N. The first kappa shape index (κ1) is 17.0. The number of alkyl halides is 3. The summed E-state index contributed by atoms with van der Waals surface area (Å²) in [6.45, 7) is 1.91. The minimum absolute atomic E-state index is 0.0817. The number of nitrogens with zero attached hydrogens (tertiary/aromatic N) is 4. The Hall–Kier alpha value is -3.42. The fourth-order valence-electron chi connectivity index (χ4n) is 2.80. The van der Waals surface area contributed by atoms with Crippen molar-refractivity contribution in [2.75, 3.05) is 5.73 Å². The molecule has 1 aromatic carbocycles. The number of nitrogens with two attached hydrogens (primary N) is 1. The van der Waals surface area contributed by atoms with Gasteiger partial charge in [-0.25, -0.2) is 9.50 Å². The first-order chi connectivity index (χ1) is 12.8. The lowest BCUT2D eigenvalue weighted by Crippen LogP contribution is -2.10. The normalized spacial score (nSPS) is 11.9. The number of halogens is 3. The van der Waals surface area contributed by atoms with Crippen LogP contribution >= 0.6 is 0 Å². The van der Waals surface area contributed by atoms with Crippen molar-refractivity contribution in [3.63, 3.8) is 0 Å². The zero-order valence-corrected chi connectivity index (χ0v) is 14.2. The molecule has 27 heavy (non-hydrogen) atoms. The standard InChI is InChI=1S/C19H14F3N5/c1-11-4-5-12(9-14(11)23)16-10-27-17(25-16)7-6-15(26-27)13-3-2-8-24-18(13)19(20,21)22/h2-10H,23H2,1H3. The van der Waals surface area contributed by atoms with E-state index in [1.807, 2.05) is 19.1 Å². The van der Waals surface area contributed by atoms with Crippen LogP contribution in [-0.2, 0) is 6.18 Å². The summed E-state index contributed by atoms with van der Waals surface area (Å²) in [5.74, 6) is 0. The summed E-state index contributed by atoms with van der Waals surface area (Å²) in [6.07, 6.45) is -1.79. The zero-order chi connectivity index (χ0) is 19.2. The van der Waals surface area contributed by atoms with Gasteiger partial charge in [0.1, 0.15) is 0 Å². The van der Waals surface area contributed by atoms with Crippen LogP contribution in [0.4, 0.5) is 18.9 Å². The van der Waals surface area contributed by atoms with E-state index in [2.05, 4.69) is 15.1 Å². The number of benzene rings is 1. The highest BCUT2D eigenvalue weighted by atomic mass is 19.4. The van der Waals surface area contributed by atoms with Crippen LogP contribution in [0, 0.1) is 6.92 Å². The Morgan fingerprint density at radius 1 is 1.04 bits per heavy atom. The number of rotatable bonds is 2. The molecule has 0 amide bonds. The van der Waals surface area contributed by atoms with E-state index in [-0.39, 0.29) is 11.3 Å². The molecular weight excluding hydrogens is 355 g/mol. The second-order valence-electron chi connectivity index (χ2n) is 6.12. The molecule has 8 heteroatoms. The maximum absolute atomic E-state index is 13.2. The number of pyridine rings is 1. The molecule has 136 valence electrons. The van der Waals surface area contributed by atoms with Gasteiger partial charge in [-0.2, -0.15) is 18.3 Å². The van der Waals surface area contributed by atoms with Gasteiger partial charge in [-0.15, -0.1) is 0 Å². The van der Waals surface area contributed by atoms with E-state index in [1.54, 1.807) is 18.3 Å². The molecule has 3 heterocycles. The van der Waals surface area contributed by atoms with E-state index >= 15 is 0 Å². The van der Waals surface area contributed by atoms with Crippen LogP contribution in [0.5, 0.6) is 0 Å². The Morgan fingerprint density at radius 2 is 1.85 bits per heavy atom. The van der Waals surface area contributed by atoms with Gasteiger partial charge >= 0.3 is 6.18 Å². The van der Waals surface area contributed by atoms with Crippen molar-refractivity contribution in [3.05, 3.63) is 66.1 Å². The largest absolute Gasteiger partial charge is 0.434 e. The average molecular weight is 369 g/mol. The highest BCUT2D eigenvalue weighted by molar-refractivity contribution is 5.69. The molecule has 0 saturated heterocycles. The maximum atomic E-state index is 13.2. The van der Waals surface area contributed by atoms with Crippen molar-refractivity contribution in [1.82, 2.24) is 19.6 Å². The number of aryl methyl sites for hydroxylation is 1. The summed E-state index contributed by atoms with van der Waals surface area (Å²) < 4.78 is 41.1. The minimum atomic E-state index is -4.56. The van der Waals surface area contributed by atoms with Gasteiger partial charge in [0, 0.05) is 23.0 Å². The predicted octanol–water partition coefficient (Wildman–Crippen LogP) is 4.37. The third kappa shape index (κ3) is 3.10. The lowest BCUT2D eigenvalue weighted by molar-refractivity contribution is -0.140. The summed E-state index contributed by atoms with van der Waals surface area (Å²) in [5.41, 5.74) is 8.62. The Morgan fingerprint density at radius 3 is 2.59 bits per heavy atom. The summed E-state index contributed by atoms with van der Waals surface area (Å²) in [4.78, 5) is 7.94. The number of aromatic nitrogens is 4. The summed E-state index contributed by atoms with van der Waals surface area (Å²) >= 11 is 0. The summed E-state index contributed by atoms with van der Waals surface area (Å²) in [7, 11) is 0. The van der Waals surface area contributed by atoms with Gasteiger partial charge in [-0.05, 0) is 42.8 Å². The van der Waals surface area contributed by atoms with Gasteiger partial charge in [0.25, 0.3) is 0 Å². The van der Waals surface area contributed by atoms with Crippen LogP contribution in [0.3, 0.4) is 0 Å². The molecule has 0 radical (unpaired) electrons. The highest BCUT2D eigenvalue weighted by Crippen LogP contribution is 2.34. The summed E-state index contributed by atoms with van der Waals surface area (Å²) in [6, 6.07) is 11.5. The van der Waals surface area contributed by atoms with Crippen LogP contribution in [0.25, 0.3) is 28.2 Å². The maximum Gasteiger partial charge on any atom is 0.434 e. The van der Waals surface area contributed by atoms with Crippen LogP contribution in [0.1, 0.15) is 11.3 Å². The van der Waals surface area contributed by atoms with E-state index in [1.165, 1.54) is 22.7 Å². The van der Waals surface area contributed by atoms with Crippen LogP contribution < -0.4 is 5.73 Å². The van der Waals surface area contributed by atoms with E-state index in [0.717, 1.165) is 17.3 Å². The molecule has 5 nitrogen and oxygen atoms in total. The fraction of sp³-hybridized carbons (Fsp3) is 0.105. The van der Waals surface area contributed by atoms with E-state index < -0.39 is 11.9 Å². The van der Waals surface area contributed by atoms with Gasteiger partial charge in [0.15, 0.2) is 11.3 Å². The molecule has 0 spiro atoms. The molecule has 0 aliphatic carbocycles. The van der Waals surface area contributed by atoms with E-state index in [9.17, 15) is 13.2 Å². The molecule has 0 fully saturated rings. The number of hydrogen-bond acceptors (Lipinski definition) is 4. The van der Waals surface area contributed by atoms with Crippen molar-refractivity contribution in [2.24, 2.45) is 0 Å². The molecule has 0 unspecified atom stereocenters. The first-order valence-corrected chi connectivity index (χ1v) is 8.08. The molecule has 0 saturated carbocycles. The Bertz CT molecular complexity index is 1150. The smallest absolute Gasteiger partial charge is 0.398 e. The second kappa shape index (κ2) is 6.08. The molecule has 2 N–H and O–H groups in total. The van der Waals surface area contributed by atoms with Crippen LogP contribution in [0.2, 0.25) is 0 Å². The average Bonchev–Trinajstić information content (AvgIpc) is 3.06. The molecule has 4 rings (SSSR count). The molecular formula is C19H14F3N5. The van der Waals surface area contributed by atoms with Crippen molar-refractivity contribution in [2.45, 2.75) is 13.1 Å². The van der Waals surface area contributed by atoms with Crippen molar-refractivity contribution in [3.8, 4) is 22.5 Å². The number of hydrogen-bond donors (Lipinski definition) is 1. The molecule has 4 aromatic rings. The number of fused-ring (bicyclic) bond motifs is 1. The molecule has 0 bridgehead atoms. The van der Waals surface area contributed by atoms with Gasteiger partial charge in [-0.3, -0.25) is 4.98 Å². The number of imidazole rings is 1. The first-order valence-electron chi connectivity index (χ1n) is 8.08. The van der Waals surface area contributed by atoms with Crippen LogP contribution in [-0.4, -0.2) is 19.6 Å². The van der Waals surface area contributed by atoms with Crippen LogP contribution in [0.15, 0.2) is 54.9 Å². The predicted molar refractivity (Wildman–Crippen MR) is 95.8 cm³/mol. The van der Waals surface area contributed by atoms with Gasteiger partial charge in [-0.1, -0.05) is 12.1 Å². The second-order valence-corrected chi connectivity index (χ2v) is 6.12. The highest BCUT2D eigenvalue weighted by Gasteiger charge is 2.35. The third-order valence-corrected chi connectivity index (χ3v) is 4.25. The Kier molecular flexibility index (Phi) is 3.83. The molecule has 0 aliphatic rings. The monoisotopic (exact) mass is 369 g/mol. The minimum Gasteiger partial charge on any atom is -0.398 e. The van der Waals surface area contributed by atoms with Gasteiger partial charge in [0.2, 0.25) is 0 Å². The lowest BCUT2D eigenvalue weighted by atomic mass is 10.1. The van der Waals surface area contributed by atoms with Crippen molar-refractivity contribution in [1.29, 1.82) is 0 Å². The van der Waals surface area contributed by atoms with E-state index in [0.29, 0.717) is 17.0 Å². The molecule has 0 aliphatic heterocycles. The Labute approximate surface area is 152 Å². The number of anilines is 1. The summed E-state index contributed by atoms with van der Waals surface area (Å²) in [5, 5.41) is 4.29. The van der Waals surface area contributed by atoms with Crippen molar-refractivity contribution < 1.29 is 13.2 Å². The fourth-order valence-corrected chi connectivity index (χ4v) is 2.80. The number of nitrogen functional groups attached to an aromatic ring is 1. The van der Waals surface area contributed by atoms with E-state index in [4.69, 9.17) is 5.73 Å². The zero-order valence-electron chi connectivity index (χ0n) is 14.2. The van der Waals surface area contributed by atoms with Gasteiger partial charge in [0.05, 0.1) is 17.6 Å². The molecule has 3 aromatic heterocycles. The lowest BCUT2D eigenvalue weighted by Gasteiger charge is -2.10. The van der Waals surface area contributed by atoms with Gasteiger partial charge < -0.3 is 5.73 Å². The molecule has 0 atom stereocenters.